The van der Waals surface area contributed by atoms with Gasteiger partial charge in [-0.25, -0.2) is 8.42 Å². The maximum Gasteiger partial charge on any atom is 0.321 e. The Labute approximate surface area is 100 Å². The van der Waals surface area contributed by atoms with Gasteiger partial charge in [-0.3, -0.25) is 4.79 Å². The lowest BCUT2D eigenvalue weighted by Crippen LogP contribution is -2.30. The van der Waals surface area contributed by atoms with Crippen molar-refractivity contribution in [1.29, 1.82) is 0 Å². The molecule has 0 aliphatic heterocycles. The van der Waals surface area contributed by atoms with Crippen molar-refractivity contribution >= 4 is 15.8 Å². The van der Waals surface area contributed by atoms with Crippen molar-refractivity contribution in [2.24, 2.45) is 0 Å². The van der Waals surface area contributed by atoms with Gasteiger partial charge in [0.2, 0.25) is 0 Å². The predicted octanol–water partition coefficient (Wildman–Crippen LogP) is 1.43. The summed E-state index contributed by atoms with van der Waals surface area (Å²) in [6, 6.07) is 9.35. The molecule has 1 aromatic rings. The molecule has 2 rings (SSSR count). The Morgan fingerprint density at radius 1 is 1.35 bits per heavy atom. The number of benzene rings is 1. The lowest BCUT2D eigenvalue weighted by molar-refractivity contribution is -0.136. The summed E-state index contributed by atoms with van der Waals surface area (Å²) >= 11 is 0. The van der Waals surface area contributed by atoms with E-state index in [2.05, 4.69) is 0 Å². The highest BCUT2D eigenvalue weighted by atomic mass is 32.2. The van der Waals surface area contributed by atoms with Gasteiger partial charge in [-0.15, -0.1) is 0 Å². The molecule has 1 aliphatic rings. The van der Waals surface area contributed by atoms with Crippen molar-refractivity contribution in [1.82, 2.24) is 0 Å². The van der Waals surface area contributed by atoms with E-state index >= 15 is 0 Å². The fourth-order valence-electron chi connectivity index (χ4n) is 1.99. The molecule has 0 amide bonds. The molecular formula is C12H14O4S. The average molecular weight is 254 g/mol. The van der Waals surface area contributed by atoms with Crippen LogP contribution in [0.15, 0.2) is 30.3 Å². The Bertz CT molecular complexity index is 521. The van der Waals surface area contributed by atoms with E-state index in [9.17, 15) is 13.2 Å². The summed E-state index contributed by atoms with van der Waals surface area (Å²) in [5.74, 6) is -1.31. The minimum absolute atomic E-state index is 0.0389. The number of sulfone groups is 1. The van der Waals surface area contributed by atoms with Gasteiger partial charge in [0.25, 0.3) is 0 Å². The second-order valence-corrected chi connectivity index (χ2v) is 6.85. The van der Waals surface area contributed by atoms with E-state index in [4.69, 9.17) is 5.11 Å². The van der Waals surface area contributed by atoms with Gasteiger partial charge >= 0.3 is 5.97 Å². The number of aliphatic carboxylic acids is 1. The molecule has 17 heavy (non-hydrogen) atoms. The van der Waals surface area contributed by atoms with E-state index in [-0.39, 0.29) is 5.92 Å². The molecule has 5 heteroatoms. The third-order valence-corrected chi connectivity index (χ3v) is 5.77. The Hall–Kier alpha value is -1.36. The Balaban J connectivity index is 2.16. The molecule has 0 bridgehead atoms. The van der Waals surface area contributed by atoms with Crippen LogP contribution in [0.3, 0.4) is 0 Å². The summed E-state index contributed by atoms with van der Waals surface area (Å²) in [5.41, 5.74) is 0.971. The summed E-state index contributed by atoms with van der Waals surface area (Å²) in [4.78, 5) is 10.7. The smallest absolute Gasteiger partial charge is 0.321 e. The van der Waals surface area contributed by atoms with E-state index in [0.29, 0.717) is 6.42 Å². The van der Waals surface area contributed by atoms with Gasteiger partial charge in [-0.2, -0.15) is 0 Å². The minimum Gasteiger partial charge on any atom is -0.480 e. The average Bonchev–Trinajstić information content (AvgIpc) is 3.09. The van der Waals surface area contributed by atoms with E-state index in [1.54, 1.807) is 0 Å². The van der Waals surface area contributed by atoms with Crippen LogP contribution in [0.4, 0.5) is 0 Å². The largest absolute Gasteiger partial charge is 0.480 e. The number of carboxylic acids is 1. The van der Waals surface area contributed by atoms with Crippen LogP contribution >= 0.6 is 0 Å². The Morgan fingerprint density at radius 3 is 2.47 bits per heavy atom. The zero-order valence-electron chi connectivity index (χ0n) is 9.41. The SMILES string of the molecule is CC(C(=O)O)S(=O)(=O)C1CC1c1ccccc1. The van der Waals surface area contributed by atoms with Gasteiger partial charge in [-0.1, -0.05) is 30.3 Å². The van der Waals surface area contributed by atoms with Crippen molar-refractivity contribution in [2.45, 2.75) is 29.8 Å². The first-order valence-corrected chi connectivity index (χ1v) is 7.06. The van der Waals surface area contributed by atoms with Gasteiger partial charge in [-0.05, 0) is 18.9 Å². The second-order valence-electron chi connectivity index (χ2n) is 4.36. The van der Waals surface area contributed by atoms with Gasteiger partial charge in [0, 0.05) is 5.92 Å². The topological polar surface area (TPSA) is 71.4 Å². The van der Waals surface area contributed by atoms with Crippen LogP contribution in [-0.2, 0) is 14.6 Å². The molecule has 1 fully saturated rings. The van der Waals surface area contributed by atoms with Gasteiger partial charge in [0.1, 0.15) is 0 Å². The van der Waals surface area contributed by atoms with Crippen LogP contribution in [0.5, 0.6) is 0 Å². The van der Waals surface area contributed by atoms with Crippen molar-refractivity contribution in [3.05, 3.63) is 35.9 Å². The molecule has 0 saturated heterocycles. The summed E-state index contributed by atoms with van der Waals surface area (Å²) in [5, 5.41) is 6.92. The number of carbonyl (C=O) groups is 1. The summed E-state index contributed by atoms with van der Waals surface area (Å²) < 4.78 is 23.9. The van der Waals surface area contributed by atoms with Crippen LogP contribution in [0.25, 0.3) is 0 Å². The second kappa shape index (κ2) is 4.14. The van der Waals surface area contributed by atoms with E-state index < -0.39 is 26.3 Å². The molecule has 0 spiro atoms. The molecule has 4 nitrogen and oxygen atoms in total. The van der Waals surface area contributed by atoms with Crippen LogP contribution in [-0.4, -0.2) is 30.0 Å². The van der Waals surface area contributed by atoms with Crippen molar-refractivity contribution in [3.8, 4) is 0 Å². The molecule has 1 N–H and O–H groups in total. The monoisotopic (exact) mass is 254 g/mol. The van der Waals surface area contributed by atoms with E-state index in [0.717, 1.165) is 5.56 Å². The molecule has 1 aromatic carbocycles. The van der Waals surface area contributed by atoms with Crippen LogP contribution in [0, 0.1) is 0 Å². The van der Waals surface area contributed by atoms with Crippen molar-refractivity contribution in [2.75, 3.05) is 0 Å². The molecule has 0 radical (unpaired) electrons. The first-order chi connectivity index (χ1) is 7.94. The Kier molecular flexibility index (Phi) is 2.95. The Morgan fingerprint density at radius 2 is 1.94 bits per heavy atom. The lowest BCUT2D eigenvalue weighted by atomic mass is 10.1. The normalized spacial score (nSPS) is 25.2. The lowest BCUT2D eigenvalue weighted by Gasteiger charge is -2.08. The van der Waals surface area contributed by atoms with Gasteiger partial charge in [0.05, 0.1) is 5.25 Å². The quantitative estimate of drug-likeness (QED) is 0.882. The van der Waals surface area contributed by atoms with Crippen LogP contribution < -0.4 is 0 Å². The molecule has 3 atom stereocenters. The van der Waals surface area contributed by atoms with Crippen LogP contribution in [0.1, 0.15) is 24.8 Å². The fraction of sp³-hybridized carbons (Fsp3) is 0.417. The molecule has 3 unspecified atom stereocenters. The molecule has 0 aromatic heterocycles. The third kappa shape index (κ3) is 2.20. The number of rotatable bonds is 4. The number of hydrogen-bond donors (Lipinski definition) is 1. The zero-order chi connectivity index (χ0) is 12.6. The molecule has 0 heterocycles. The first-order valence-electron chi connectivity index (χ1n) is 5.45. The summed E-state index contributed by atoms with van der Waals surface area (Å²) in [6.45, 7) is 1.23. The van der Waals surface area contributed by atoms with E-state index in [1.807, 2.05) is 30.3 Å². The number of carboxylic acid groups (broad SMARTS) is 1. The highest BCUT2D eigenvalue weighted by Crippen LogP contribution is 2.47. The minimum atomic E-state index is -3.56. The highest BCUT2D eigenvalue weighted by molar-refractivity contribution is 7.93. The molecule has 92 valence electrons. The molecular weight excluding hydrogens is 240 g/mol. The summed E-state index contributed by atoms with van der Waals surface area (Å²) in [6.07, 6.45) is 0.532. The van der Waals surface area contributed by atoms with Gasteiger partial charge < -0.3 is 5.11 Å². The predicted molar refractivity (Wildman–Crippen MR) is 63.6 cm³/mol. The van der Waals surface area contributed by atoms with Gasteiger partial charge in [0.15, 0.2) is 15.1 Å². The zero-order valence-corrected chi connectivity index (χ0v) is 10.2. The molecule has 1 aliphatic carbocycles. The maximum absolute atomic E-state index is 11.9. The van der Waals surface area contributed by atoms with Crippen molar-refractivity contribution < 1.29 is 18.3 Å². The van der Waals surface area contributed by atoms with Crippen LogP contribution in [0.2, 0.25) is 0 Å². The standard InChI is InChI=1S/C12H14O4S/c1-8(12(13)14)17(15,16)11-7-10(11)9-5-3-2-4-6-9/h2-6,8,10-11H,7H2,1H3,(H,13,14). The van der Waals surface area contributed by atoms with E-state index in [1.165, 1.54) is 6.92 Å². The maximum atomic E-state index is 11.9. The van der Waals surface area contributed by atoms with Crippen molar-refractivity contribution in [3.63, 3.8) is 0 Å². The first kappa shape index (κ1) is 12.1. The number of hydrogen-bond acceptors (Lipinski definition) is 3. The summed E-state index contributed by atoms with van der Waals surface area (Å²) in [7, 11) is -3.56. The fourth-order valence-corrected chi connectivity index (χ4v) is 3.88. The highest BCUT2D eigenvalue weighted by Gasteiger charge is 2.51. The molecule has 1 saturated carbocycles. The third-order valence-electron chi connectivity index (χ3n) is 3.22.